The van der Waals surface area contributed by atoms with Crippen LogP contribution in [0, 0.1) is 23.7 Å². The molecule has 0 heterocycles. The van der Waals surface area contributed by atoms with Gasteiger partial charge in [-0.3, -0.25) is 9.59 Å². The van der Waals surface area contributed by atoms with Crippen LogP contribution >= 0.6 is 0 Å². The Morgan fingerprint density at radius 3 is 1.59 bits per heavy atom. The van der Waals surface area contributed by atoms with Crippen LogP contribution in [0.2, 0.25) is 0 Å². The molecule has 4 atom stereocenters. The summed E-state index contributed by atoms with van der Waals surface area (Å²) in [5, 5.41) is 8.70. The number of hydrogen-bond donors (Lipinski definition) is 2. The first kappa shape index (κ1) is 18.6. The predicted molar refractivity (Wildman–Crippen MR) is 105 cm³/mol. The molecule has 0 saturated heterocycles. The summed E-state index contributed by atoms with van der Waals surface area (Å²) in [6, 6.07) is 0. The monoisotopic (exact) mass is 372 g/mol. The molecule has 4 rings (SSSR count). The third-order valence-electron chi connectivity index (χ3n) is 6.98. The molecule has 4 saturated carbocycles. The van der Waals surface area contributed by atoms with Crippen molar-refractivity contribution in [3.63, 3.8) is 0 Å². The average Bonchev–Trinajstić information content (AvgIpc) is 3.45. The Morgan fingerprint density at radius 1 is 0.741 bits per heavy atom. The summed E-state index contributed by atoms with van der Waals surface area (Å²) in [6.07, 6.45) is 13.3. The van der Waals surface area contributed by atoms with Gasteiger partial charge < -0.3 is 0 Å². The van der Waals surface area contributed by atoms with Crippen LogP contribution in [0.4, 0.5) is 0 Å². The highest BCUT2D eigenvalue weighted by Crippen LogP contribution is 2.43. The van der Waals surface area contributed by atoms with Gasteiger partial charge in [0.25, 0.3) is 0 Å². The van der Waals surface area contributed by atoms with Crippen LogP contribution in [0.5, 0.6) is 0 Å². The maximum atomic E-state index is 11.9. The van der Waals surface area contributed by atoms with Crippen molar-refractivity contribution < 1.29 is 9.59 Å². The van der Waals surface area contributed by atoms with Gasteiger partial charge in [0.2, 0.25) is 11.8 Å². The van der Waals surface area contributed by atoms with E-state index in [1.54, 1.807) is 0 Å². The molecule has 0 radical (unpaired) electrons. The normalized spacial score (nSPS) is 33.9. The lowest BCUT2D eigenvalue weighted by Gasteiger charge is -2.11. The fraction of sp³-hybridized carbons (Fsp3) is 0.810. The summed E-state index contributed by atoms with van der Waals surface area (Å²) in [6.45, 7) is 0. The van der Waals surface area contributed by atoms with Gasteiger partial charge in [0, 0.05) is 24.3 Å². The van der Waals surface area contributed by atoms with Crippen molar-refractivity contribution in [2.75, 3.05) is 0 Å². The number of hydrogen-bond acceptors (Lipinski definition) is 4. The number of fused-ring (bicyclic) bond motifs is 4. The van der Waals surface area contributed by atoms with Crippen molar-refractivity contribution in [3.8, 4) is 0 Å². The first-order valence-corrected chi connectivity index (χ1v) is 10.9. The molecule has 4 bridgehead atoms. The van der Waals surface area contributed by atoms with E-state index in [2.05, 4.69) is 21.1 Å². The Hall–Kier alpha value is -1.72. The number of unbranched alkanes of at least 4 members (excludes halogenated alkanes) is 2. The minimum Gasteiger partial charge on any atom is -0.273 e. The lowest BCUT2D eigenvalue weighted by atomic mass is 9.99. The molecule has 2 amide bonds. The van der Waals surface area contributed by atoms with Crippen molar-refractivity contribution in [1.29, 1.82) is 0 Å². The first-order chi connectivity index (χ1) is 13.2. The molecule has 4 fully saturated rings. The maximum Gasteiger partial charge on any atom is 0.240 e. The number of nitrogens with zero attached hydrogens (tertiary/aromatic N) is 2. The molecule has 0 spiro atoms. The van der Waals surface area contributed by atoms with E-state index < -0.39 is 0 Å². The van der Waals surface area contributed by atoms with Crippen LogP contribution in [-0.4, -0.2) is 23.2 Å². The fourth-order valence-electron chi connectivity index (χ4n) is 5.45. The molecule has 0 aromatic heterocycles. The average molecular weight is 373 g/mol. The summed E-state index contributed by atoms with van der Waals surface area (Å²) in [7, 11) is 0. The Morgan fingerprint density at radius 2 is 1.22 bits per heavy atom. The SMILES string of the molecule is O=C(CCCCCC(=O)NN=C1CC2CCC1C2)NN=C1CC2CCC1C2. The number of amides is 2. The zero-order valence-corrected chi connectivity index (χ0v) is 16.2. The fourth-order valence-corrected chi connectivity index (χ4v) is 5.45. The molecule has 0 aromatic carbocycles. The van der Waals surface area contributed by atoms with Crippen molar-refractivity contribution in [2.45, 2.75) is 83.5 Å². The number of nitrogens with one attached hydrogen (secondary N) is 2. The van der Waals surface area contributed by atoms with Gasteiger partial charge in [0.15, 0.2) is 0 Å². The molecule has 4 aliphatic rings. The van der Waals surface area contributed by atoms with Crippen LogP contribution in [0.1, 0.15) is 83.5 Å². The molecule has 6 heteroatoms. The van der Waals surface area contributed by atoms with Gasteiger partial charge in [0.1, 0.15) is 0 Å². The Kier molecular flexibility index (Phi) is 5.89. The zero-order valence-electron chi connectivity index (χ0n) is 16.2. The van der Waals surface area contributed by atoms with E-state index in [-0.39, 0.29) is 11.8 Å². The van der Waals surface area contributed by atoms with Crippen molar-refractivity contribution in [3.05, 3.63) is 0 Å². The van der Waals surface area contributed by atoms with E-state index >= 15 is 0 Å². The van der Waals surface area contributed by atoms with Gasteiger partial charge in [-0.15, -0.1) is 0 Å². The lowest BCUT2D eigenvalue weighted by molar-refractivity contribution is -0.121. The zero-order chi connectivity index (χ0) is 18.6. The molecule has 6 nitrogen and oxygen atoms in total. The van der Waals surface area contributed by atoms with Gasteiger partial charge in [0.05, 0.1) is 0 Å². The van der Waals surface area contributed by atoms with Crippen LogP contribution < -0.4 is 10.9 Å². The van der Waals surface area contributed by atoms with Crippen LogP contribution in [0.3, 0.4) is 0 Å². The Labute approximate surface area is 161 Å². The highest BCUT2D eigenvalue weighted by molar-refractivity contribution is 5.91. The first-order valence-electron chi connectivity index (χ1n) is 10.9. The molecule has 4 unspecified atom stereocenters. The largest absolute Gasteiger partial charge is 0.273 e. The summed E-state index contributed by atoms with van der Waals surface area (Å²) in [4.78, 5) is 23.8. The molecular formula is C21H32N4O2. The highest BCUT2D eigenvalue weighted by Gasteiger charge is 2.37. The number of carbonyl (C=O) groups excluding carboxylic acids is 2. The van der Waals surface area contributed by atoms with E-state index in [0.29, 0.717) is 24.7 Å². The van der Waals surface area contributed by atoms with Gasteiger partial charge >= 0.3 is 0 Å². The minimum absolute atomic E-state index is 0.00240. The predicted octanol–water partition coefficient (Wildman–Crippen LogP) is 3.52. The molecule has 27 heavy (non-hydrogen) atoms. The van der Waals surface area contributed by atoms with E-state index in [4.69, 9.17) is 0 Å². The van der Waals surface area contributed by atoms with Gasteiger partial charge in [-0.25, -0.2) is 10.9 Å². The molecule has 4 aliphatic carbocycles. The summed E-state index contributed by atoms with van der Waals surface area (Å²) >= 11 is 0. The second kappa shape index (κ2) is 8.53. The van der Waals surface area contributed by atoms with E-state index in [1.807, 2.05) is 0 Å². The second-order valence-corrected chi connectivity index (χ2v) is 9.00. The number of hydrazone groups is 2. The number of carbonyl (C=O) groups is 2. The van der Waals surface area contributed by atoms with Crippen LogP contribution in [0.15, 0.2) is 10.2 Å². The topological polar surface area (TPSA) is 82.9 Å². The van der Waals surface area contributed by atoms with Crippen molar-refractivity contribution in [1.82, 2.24) is 10.9 Å². The standard InChI is InChI=1S/C21H32N4O2/c26-20(24-22-18-12-14-6-8-16(18)10-14)4-2-1-3-5-21(27)25-23-19-13-15-7-9-17(19)11-15/h14-17H,1-13H2,(H,24,26)(H,25,27). The van der Waals surface area contributed by atoms with E-state index in [0.717, 1.165) is 43.9 Å². The molecule has 148 valence electrons. The van der Waals surface area contributed by atoms with Gasteiger partial charge in [-0.05, 0) is 87.9 Å². The third kappa shape index (κ3) is 4.77. The van der Waals surface area contributed by atoms with Gasteiger partial charge in [-0.2, -0.15) is 10.2 Å². The Bertz CT molecular complexity index is 588. The van der Waals surface area contributed by atoms with Crippen molar-refractivity contribution in [2.24, 2.45) is 33.9 Å². The maximum absolute atomic E-state index is 11.9. The highest BCUT2D eigenvalue weighted by atomic mass is 16.2. The molecule has 0 aromatic rings. The van der Waals surface area contributed by atoms with E-state index in [9.17, 15) is 9.59 Å². The smallest absolute Gasteiger partial charge is 0.240 e. The second-order valence-electron chi connectivity index (χ2n) is 9.00. The Balaban J connectivity index is 1.04. The summed E-state index contributed by atoms with van der Waals surface area (Å²) in [5.41, 5.74) is 7.86. The van der Waals surface area contributed by atoms with Crippen molar-refractivity contribution >= 4 is 23.2 Å². The molecular weight excluding hydrogens is 340 g/mol. The van der Waals surface area contributed by atoms with Gasteiger partial charge in [-0.1, -0.05) is 6.42 Å². The number of rotatable bonds is 8. The minimum atomic E-state index is -0.00240. The third-order valence-corrected chi connectivity index (χ3v) is 6.98. The molecule has 2 N–H and O–H groups in total. The van der Waals surface area contributed by atoms with E-state index in [1.165, 1.54) is 49.9 Å². The summed E-state index contributed by atoms with van der Waals surface area (Å²) < 4.78 is 0. The van der Waals surface area contributed by atoms with Crippen LogP contribution in [0.25, 0.3) is 0 Å². The lowest BCUT2D eigenvalue weighted by Crippen LogP contribution is -2.22. The quantitative estimate of drug-likeness (QED) is 0.505. The van der Waals surface area contributed by atoms with Crippen LogP contribution in [-0.2, 0) is 9.59 Å². The summed E-state index contributed by atoms with van der Waals surface area (Å²) in [5.74, 6) is 2.86. The molecule has 0 aliphatic heterocycles.